The molecule has 0 bridgehead atoms. The van der Waals surface area contributed by atoms with Gasteiger partial charge >= 0.3 is 6.03 Å². The third kappa shape index (κ3) is 7.57. The zero-order valence-electron chi connectivity index (χ0n) is 28.2. The van der Waals surface area contributed by atoms with Crippen molar-refractivity contribution in [2.45, 2.75) is 31.5 Å². The number of pyridine rings is 1. The van der Waals surface area contributed by atoms with Crippen molar-refractivity contribution in [3.05, 3.63) is 132 Å². The Morgan fingerprint density at radius 2 is 1.80 bits per heavy atom. The minimum atomic E-state index is -0.790. The van der Waals surface area contributed by atoms with Crippen molar-refractivity contribution in [2.24, 2.45) is 0 Å². The summed E-state index contributed by atoms with van der Waals surface area (Å²) in [4.78, 5) is 52.9. The topological polar surface area (TPSA) is 135 Å². The number of fused-ring (bicyclic) bond motifs is 1. The minimum Gasteiger partial charge on any atom is -0.508 e. The van der Waals surface area contributed by atoms with Gasteiger partial charge in [-0.3, -0.25) is 9.59 Å². The molecule has 3 heterocycles. The molecule has 0 spiro atoms. The van der Waals surface area contributed by atoms with Gasteiger partial charge in [0.1, 0.15) is 24.2 Å². The van der Waals surface area contributed by atoms with Gasteiger partial charge in [-0.1, -0.05) is 72.8 Å². The number of aromatic nitrogens is 1. The van der Waals surface area contributed by atoms with Crippen molar-refractivity contribution in [3.8, 4) is 5.75 Å². The number of phenols is 1. The second-order valence-electron chi connectivity index (χ2n) is 12.9. The third-order valence-electron chi connectivity index (χ3n) is 9.46. The molecule has 2 atom stereocenters. The average molecular weight is 674 g/mol. The number of carbonyl (C=O) groups excluding carboxylic acids is 3. The van der Waals surface area contributed by atoms with E-state index in [0.29, 0.717) is 32.0 Å². The molecular weight excluding hydrogens is 630 g/mol. The molecule has 4 aromatic rings. The maximum absolute atomic E-state index is 14.4. The Labute approximate surface area is 292 Å². The molecule has 2 aliphatic heterocycles. The van der Waals surface area contributed by atoms with Crippen LogP contribution in [0.3, 0.4) is 0 Å². The summed E-state index contributed by atoms with van der Waals surface area (Å²) >= 11 is 0. The van der Waals surface area contributed by atoms with Crippen LogP contribution in [-0.4, -0.2) is 88.4 Å². The molecule has 4 N–H and O–H groups in total. The summed E-state index contributed by atoms with van der Waals surface area (Å²) in [7, 11) is 2.06. The van der Waals surface area contributed by atoms with Crippen LogP contribution in [0.5, 0.6) is 5.75 Å². The predicted molar refractivity (Wildman–Crippen MR) is 193 cm³/mol. The van der Waals surface area contributed by atoms with E-state index in [0.717, 1.165) is 34.5 Å². The number of piperazine rings is 1. The molecule has 4 amide bonds. The molecule has 1 unspecified atom stereocenters. The number of rotatable bonds is 11. The highest BCUT2D eigenvalue weighted by Gasteiger charge is 2.39. The zero-order valence-corrected chi connectivity index (χ0v) is 28.2. The third-order valence-corrected chi connectivity index (χ3v) is 9.46. The SMILES string of the molecule is C=CCN(CC(=O)N1CCN(Cc2cccc3c2N(C)CC3c2ccc(N)nc2)C(=O)[C@@H]1Cc1ccc(O)cc1)C(=O)NCc1ccccc1. The van der Waals surface area contributed by atoms with E-state index >= 15 is 0 Å². The fraction of sp³-hybridized carbons (Fsp3) is 0.282. The molecule has 0 saturated carbocycles. The number of aromatic hydroxyl groups is 1. The number of nitrogen functional groups attached to an aromatic ring is 1. The Morgan fingerprint density at radius 1 is 1.02 bits per heavy atom. The number of para-hydroxylation sites is 1. The lowest BCUT2D eigenvalue weighted by Crippen LogP contribution is -2.61. The molecule has 1 fully saturated rings. The summed E-state index contributed by atoms with van der Waals surface area (Å²) < 4.78 is 0. The predicted octanol–water partition coefficient (Wildman–Crippen LogP) is 4.13. The molecule has 11 heteroatoms. The van der Waals surface area contributed by atoms with Crippen molar-refractivity contribution >= 4 is 29.4 Å². The Bertz CT molecular complexity index is 1830. The Morgan fingerprint density at radius 3 is 2.52 bits per heavy atom. The van der Waals surface area contributed by atoms with Gasteiger partial charge in [-0.25, -0.2) is 9.78 Å². The van der Waals surface area contributed by atoms with Crippen molar-refractivity contribution in [1.29, 1.82) is 0 Å². The lowest BCUT2D eigenvalue weighted by Gasteiger charge is -2.41. The van der Waals surface area contributed by atoms with Gasteiger partial charge < -0.3 is 35.8 Å². The van der Waals surface area contributed by atoms with Gasteiger partial charge in [-0.15, -0.1) is 6.58 Å². The Hall–Kier alpha value is -5.84. The number of phenolic OH excluding ortho intramolecular Hbond substituents is 1. The number of nitrogens with two attached hydrogens (primary N) is 1. The van der Waals surface area contributed by atoms with E-state index in [2.05, 4.69) is 41.0 Å². The number of amides is 4. The molecular formula is C39H43N7O4. The number of hydrogen-bond acceptors (Lipinski definition) is 7. The molecule has 1 aromatic heterocycles. The lowest BCUT2D eigenvalue weighted by molar-refractivity contribution is -0.152. The van der Waals surface area contributed by atoms with Gasteiger partial charge in [0.05, 0.1) is 0 Å². The standard InChI is InChI=1S/C39H43N7O4/c1-3-18-45(39(50)42-22-28-8-5-4-6-9-28)26-36(48)46-20-19-44(38(49)34(46)21-27-12-15-31(47)16-13-27)24-30-10-7-11-32-33(25-43(2)37(30)32)29-14-17-35(40)41-23-29/h3-17,23,33-34,47H,1,18-22,24-26H2,2H3,(H2,40,41)(H,42,50)/t33?,34-/m0/s1. The number of anilines is 2. The first-order valence-electron chi connectivity index (χ1n) is 16.8. The van der Waals surface area contributed by atoms with Crippen molar-refractivity contribution in [3.63, 3.8) is 0 Å². The average Bonchev–Trinajstić information content (AvgIpc) is 3.47. The molecule has 258 valence electrons. The highest BCUT2D eigenvalue weighted by atomic mass is 16.3. The molecule has 3 aromatic carbocycles. The summed E-state index contributed by atoms with van der Waals surface area (Å²) in [6, 6.07) is 25.1. The first-order chi connectivity index (χ1) is 24.2. The maximum atomic E-state index is 14.4. The molecule has 50 heavy (non-hydrogen) atoms. The van der Waals surface area contributed by atoms with Gasteiger partial charge in [-0.2, -0.15) is 0 Å². The molecule has 1 saturated heterocycles. The minimum absolute atomic E-state index is 0.120. The van der Waals surface area contributed by atoms with Gasteiger partial charge in [-0.05, 0) is 46.0 Å². The molecule has 0 aliphatic carbocycles. The number of nitrogens with one attached hydrogen (secondary N) is 1. The number of hydrogen-bond donors (Lipinski definition) is 3. The molecule has 11 nitrogen and oxygen atoms in total. The van der Waals surface area contributed by atoms with Crippen LogP contribution in [0, 0.1) is 0 Å². The summed E-state index contributed by atoms with van der Waals surface area (Å²) in [5.74, 6) is 0.235. The zero-order chi connectivity index (χ0) is 35.2. The summed E-state index contributed by atoms with van der Waals surface area (Å²) in [6.45, 7) is 5.88. The van der Waals surface area contributed by atoms with Gasteiger partial charge in [0.25, 0.3) is 0 Å². The smallest absolute Gasteiger partial charge is 0.318 e. The van der Waals surface area contributed by atoms with Crippen LogP contribution in [0.15, 0.2) is 104 Å². The maximum Gasteiger partial charge on any atom is 0.318 e. The summed E-state index contributed by atoms with van der Waals surface area (Å²) in [5, 5.41) is 12.8. The van der Waals surface area contributed by atoms with Crippen molar-refractivity contribution < 1.29 is 19.5 Å². The fourth-order valence-corrected chi connectivity index (χ4v) is 6.92. The normalized spacial score (nSPS) is 17.0. The number of urea groups is 1. The van der Waals surface area contributed by atoms with Crippen molar-refractivity contribution in [1.82, 2.24) is 25.0 Å². The van der Waals surface area contributed by atoms with Crippen LogP contribution < -0.4 is 16.0 Å². The van der Waals surface area contributed by atoms with Crippen molar-refractivity contribution in [2.75, 3.05) is 50.4 Å². The second-order valence-corrected chi connectivity index (χ2v) is 12.9. The van der Waals surface area contributed by atoms with E-state index in [9.17, 15) is 19.5 Å². The number of nitrogens with zero attached hydrogens (tertiary/aromatic N) is 5. The van der Waals surface area contributed by atoms with E-state index in [1.807, 2.05) is 59.6 Å². The van der Waals surface area contributed by atoms with E-state index in [4.69, 9.17) is 5.73 Å². The van der Waals surface area contributed by atoms with Crippen LogP contribution in [0.2, 0.25) is 0 Å². The van der Waals surface area contributed by atoms with Crippen LogP contribution in [0.1, 0.15) is 33.7 Å². The summed E-state index contributed by atoms with van der Waals surface area (Å²) in [6.07, 6.45) is 3.67. The number of benzene rings is 3. The number of carbonyl (C=O) groups is 3. The van der Waals surface area contributed by atoms with Crippen LogP contribution >= 0.6 is 0 Å². The number of likely N-dealkylation sites (N-methyl/N-ethyl adjacent to an activating group) is 1. The first kappa shape index (κ1) is 34.0. The summed E-state index contributed by atoms with van der Waals surface area (Å²) in [5.41, 5.74) is 12.0. The largest absolute Gasteiger partial charge is 0.508 e. The van der Waals surface area contributed by atoms with E-state index in [1.165, 1.54) is 10.5 Å². The van der Waals surface area contributed by atoms with Crippen LogP contribution in [0.4, 0.5) is 16.3 Å². The highest BCUT2D eigenvalue weighted by molar-refractivity contribution is 5.91. The van der Waals surface area contributed by atoms with Crippen LogP contribution in [0.25, 0.3) is 0 Å². The highest BCUT2D eigenvalue weighted by Crippen LogP contribution is 2.42. The molecule has 0 radical (unpaired) electrons. The lowest BCUT2D eigenvalue weighted by atomic mass is 9.93. The van der Waals surface area contributed by atoms with Gasteiger partial charge in [0.15, 0.2) is 0 Å². The van der Waals surface area contributed by atoms with Gasteiger partial charge in [0, 0.05) is 70.5 Å². The molecule has 2 aliphatic rings. The van der Waals surface area contributed by atoms with E-state index < -0.39 is 12.1 Å². The Kier molecular flexibility index (Phi) is 10.3. The molecule has 6 rings (SSSR count). The van der Waals surface area contributed by atoms with E-state index in [1.54, 1.807) is 35.2 Å². The quantitative estimate of drug-likeness (QED) is 0.204. The van der Waals surface area contributed by atoms with Gasteiger partial charge in [0.2, 0.25) is 11.8 Å². The van der Waals surface area contributed by atoms with Crippen LogP contribution in [-0.2, 0) is 29.1 Å². The Balaban J connectivity index is 1.21. The van der Waals surface area contributed by atoms with E-state index in [-0.39, 0.29) is 43.0 Å². The fourth-order valence-electron chi connectivity index (χ4n) is 6.92. The first-order valence-corrected chi connectivity index (χ1v) is 16.8. The second kappa shape index (κ2) is 15.1. The monoisotopic (exact) mass is 673 g/mol.